The summed E-state index contributed by atoms with van der Waals surface area (Å²) in [4.78, 5) is 11.9. The van der Waals surface area contributed by atoms with Crippen molar-refractivity contribution in [3.8, 4) is 0 Å². The molecule has 0 unspecified atom stereocenters. The standard InChI is InChI=1S/C13H5BrF4O/c14-7-4-5-8(15)10(12(7)18)13(19)6-2-1-3-9(16)11(6)17/h1-5H. The van der Waals surface area contributed by atoms with Crippen LogP contribution in [0.5, 0.6) is 0 Å². The van der Waals surface area contributed by atoms with Crippen molar-refractivity contribution in [2.75, 3.05) is 0 Å². The molecule has 0 bridgehead atoms. The first kappa shape index (κ1) is 13.7. The van der Waals surface area contributed by atoms with Crippen molar-refractivity contribution in [2.24, 2.45) is 0 Å². The van der Waals surface area contributed by atoms with E-state index in [0.717, 1.165) is 30.3 Å². The summed E-state index contributed by atoms with van der Waals surface area (Å²) in [5.41, 5.74) is -1.66. The zero-order valence-electron chi connectivity index (χ0n) is 9.18. The molecule has 2 aromatic rings. The van der Waals surface area contributed by atoms with Gasteiger partial charge in [0.2, 0.25) is 5.78 Å². The highest BCUT2D eigenvalue weighted by molar-refractivity contribution is 9.10. The Morgan fingerprint density at radius 1 is 0.895 bits per heavy atom. The third-order valence-corrected chi connectivity index (χ3v) is 3.08. The van der Waals surface area contributed by atoms with Crippen LogP contribution in [0, 0.1) is 23.3 Å². The molecule has 0 aliphatic carbocycles. The molecule has 0 atom stereocenters. The van der Waals surface area contributed by atoms with Gasteiger partial charge in [-0.3, -0.25) is 4.79 Å². The van der Waals surface area contributed by atoms with Gasteiger partial charge in [-0.2, -0.15) is 0 Å². The molecule has 6 heteroatoms. The Hall–Kier alpha value is -1.69. The Morgan fingerprint density at radius 2 is 1.58 bits per heavy atom. The van der Waals surface area contributed by atoms with Crippen LogP contribution in [0.3, 0.4) is 0 Å². The van der Waals surface area contributed by atoms with Crippen molar-refractivity contribution in [3.63, 3.8) is 0 Å². The van der Waals surface area contributed by atoms with Crippen molar-refractivity contribution in [3.05, 3.63) is 69.2 Å². The molecule has 0 spiro atoms. The molecule has 98 valence electrons. The number of halogens is 5. The van der Waals surface area contributed by atoms with E-state index in [1.165, 1.54) is 0 Å². The van der Waals surface area contributed by atoms with Crippen LogP contribution in [-0.4, -0.2) is 5.78 Å². The number of carbonyl (C=O) groups is 1. The van der Waals surface area contributed by atoms with Crippen LogP contribution in [0.1, 0.15) is 15.9 Å². The summed E-state index contributed by atoms with van der Waals surface area (Å²) in [5, 5.41) is 0. The number of ketones is 1. The summed E-state index contributed by atoms with van der Waals surface area (Å²) in [7, 11) is 0. The second kappa shape index (κ2) is 5.13. The maximum Gasteiger partial charge on any atom is 0.202 e. The summed E-state index contributed by atoms with van der Waals surface area (Å²) < 4.78 is 53.5. The van der Waals surface area contributed by atoms with E-state index in [1.54, 1.807) is 0 Å². The first-order valence-electron chi connectivity index (χ1n) is 5.05. The third-order valence-electron chi connectivity index (χ3n) is 2.47. The molecule has 0 heterocycles. The van der Waals surface area contributed by atoms with Crippen LogP contribution in [0.4, 0.5) is 17.6 Å². The minimum absolute atomic E-state index is 0.144. The minimum atomic E-state index is -1.44. The van der Waals surface area contributed by atoms with E-state index >= 15 is 0 Å². The maximum atomic E-state index is 13.7. The molecule has 0 fully saturated rings. The topological polar surface area (TPSA) is 17.1 Å². The SMILES string of the molecule is O=C(c1cccc(F)c1F)c1c(F)ccc(Br)c1F. The lowest BCUT2D eigenvalue weighted by Gasteiger charge is -2.07. The van der Waals surface area contributed by atoms with Crippen molar-refractivity contribution in [2.45, 2.75) is 0 Å². The molecule has 1 nitrogen and oxygen atoms in total. The quantitative estimate of drug-likeness (QED) is 0.457. The number of hydrogen-bond acceptors (Lipinski definition) is 1. The monoisotopic (exact) mass is 332 g/mol. The van der Waals surface area contributed by atoms with Crippen LogP contribution in [0.25, 0.3) is 0 Å². The lowest BCUT2D eigenvalue weighted by molar-refractivity contribution is 0.102. The molecule has 0 saturated carbocycles. The predicted octanol–water partition coefficient (Wildman–Crippen LogP) is 4.24. The van der Waals surface area contributed by atoms with Gasteiger partial charge in [0.05, 0.1) is 15.6 Å². The summed E-state index contributed by atoms with van der Waals surface area (Å²) in [6, 6.07) is 4.78. The van der Waals surface area contributed by atoms with E-state index < -0.39 is 40.2 Å². The molecule has 0 N–H and O–H groups in total. The summed E-state index contributed by atoms with van der Waals surface area (Å²) >= 11 is 2.79. The van der Waals surface area contributed by atoms with Gasteiger partial charge in [0.25, 0.3) is 0 Å². The van der Waals surface area contributed by atoms with E-state index in [-0.39, 0.29) is 4.47 Å². The van der Waals surface area contributed by atoms with Crippen LogP contribution >= 0.6 is 15.9 Å². The molecule has 2 aromatic carbocycles. The lowest BCUT2D eigenvalue weighted by atomic mass is 10.0. The van der Waals surface area contributed by atoms with Gasteiger partial charge in [0.15, 0.2) is 17.5 Å². The fraction of sp³-hybridized carbons (Fsp3) is 0. The van der Waals surface area contributed by atoms with E-state index in [4.69, 9.17) is 0 Å². The van der Waals surface area contributed by atoms with Gasteiger partial charge in [-0.1, -0.05) is 6.07 Å². The van der Waals surface area contributed by atoms with Crippen molar-refractivity contribution < 1.29 is 22.4 Å². The number of rotatable bonds is 2. The van der Waals surface area contributed by atoms with Crippen LogP contribution in [-0.2, 0) is 0 Å². The Morgan fingerprint density at radius 3 is 2.26 bits per heavy atom. The Labute approximate surface area is 114 Å². The van der Waals surface area contributed by atoms with Gasteiger partial charge < -0.3 is 0 Å². The van der Waals surface area contributed by atoms with Gasteiger partial charge >= 0.3 is 0 Å². The van der Waals surface area contributed by atoms with Gasteiger partial charge in [-0.25, -0.2) is 17.6 Å². The largest absolute Gasteiger partial charge is 0.288 e. The molecule has 19 heavy (non-hydrogen) atoms. The van der Waals surface area contributed by atoms with E-state index in [1.807, 2.05) is 0 Å². The lowest BCUT2D eigenvalue weighted by Crippen LogP contribution is -2.11. The van der Waals surface area contributed by atoms with Crippen molar-refractivity contribution in [1.82, 2.24) is 0 Å². The number of hydrogen-bond donors (Lipinski definition) is 0. The Bertz CT molecular complexity index is 670. The molecular weight excluding hydrogens is 328 g/mol. The molecule has 0 radical (unpaired) electrons. The Balaban J connectivity index is 2.63. The molecule has 2 rings (SSSR count). The second-order valence-electron chi connectivity index (χ2n) is 3.65. The molecule has 0 amide bonds. The van der Waals surface area contributed by atoms with Crippen LogP contribution in [0.15, 0.2) is 34.8 Å². The number of benzene rings is 2. The van der Waals surface area contributed by atoms with Crippen LogP contribution in [0.2, 0.25) is 0 Å². The van der Waals surface area contributed by atoms with E-state index in [9.17, 15) is 22.4 Å². The third kappa shape index (κ3) is 2.40. The van der Waals surface area contributed by atoms with Crippen LogP contribution < -0.4 is 0 Å². The van der Waals surface area contributed by atoms with E-state index in [0.29, 0.717) is 0 Å². The summed E-state index contributed by atoms with van der Waals surface area (Å²) in [6.07, 6.45) is 0. The smallest absolute Gasteiger partial charge is 0.202 e. The van der Waals surface area contributed by atoms with Gasteiger partial charge in [-0.05, 0) is 40.2 Å². The van der Waals surface area contributed by atoms with Gasteiger partial charge in [0, 0.05) is 0 Å². The average Bonchev–Trinajstić information content (AvgIpc) is 2.37. The number of carbonyl (C=O) groups excluding carboxylic acids is 1. The Kier molecular flexibility index (Phi) is 3.71. The first-order valence-corrected chi connectivity index (χ1v) is 5.85. The van der Waals surface area contributed by atoms with Gasteiger partial charge in [-0.15, -0.1) is 0 Å². The zero-order valence-corrected chi connectivity index (χ0v) is 10.8. The zero-order chi connectivity index (χ0) is 14.2. The molecule has 0 aliphatic heterocycles. The summed E-state index contributed by atoms with van der Waals surface area (Å²) in [5.74, 6) is -6.26. The molecular formula is C13H5BrF4O. The van der Waals surface area contributed by atoms with Crippen molar-refractivity contribution >= 4 is 21.7 Å². The molecule has 0 aliphatic rings. The first-order chi connectivity index (χ1) is 8.93. The maximum absolute atomic E-state index is 13.7. The molecule has 0 saturated heterocycles. The van der Waals surface area contributed by atoms with E-state index in [2.05, 4.69) is 15.9 Å². The highest BCUT2D eigenvalue weighted by Crippen LogP contribution is 2.25. The summed E-state index contributed by atoms with van der Waals surface area (Å²) in [6.45, 7) is 0. The van der Waals surface area contributed by atoms with Gasteiger partial charge in [0.1, 0.15) is 5.82 Å². The minimum Gasteiger partial charge on any atom is -0.288 e. The molecule has 0 aromatic heterocycles. The fourth-order valence-corrected chi connectivity index (χ4v) is 1.88. The fourth-order valence-electron chi connectivity index (χ4n) is 1.55. The van der Waals surface area contributed by atoms with Crippen molar-refractivity contribution in [1.29, 1.82) is 0 Å². The normalized spacial score (nSPS) is 10.6. The highest BCUT2D eigenvalue weighted by atomic mass is 79.9. The predicted molar refractivity (Wildman–Crippen MR) is 63.8 cm³/mol. The average molecular weight is 333 g/mol. The second-order valence-corrected chi connectivity index (χ2v) is 4.50. The highest BCUT2D eigenvalue weighted by Gasteiger charge is 2.24.